The highest BCUT2D eigenvalue weighted by Gasteiger charge is 2.19. The number of carbonyl (C=O) groups is 2. The zero-order valence-electron chi connectivity index (χ0n) is 22.6. The molecule has 0 unspecified atom stereocenters. The van der Waals surface area contributed by atoms with Crippen molar-refractivity contribution in [2.45, 2.75) is 13.1 Å². The van der Waals surface area contributed by atoms with Gasteiger partial charge in [0.1, 0.15) is 5.82 Å². The molecular weight excluding hydrogens is 579 g/mol. The maximum atomic E-state index is 12.7. The number of nitrogens with one attached hydrogen (secondary N) is 3. The van der Waals surface area contributed by atoms with Crippen molar-refractivity contribution in [1.82, 2.24) is 30.2 Å². The Balaban J connectivity index is 0.000000199. The van der Waals surface area contributed by atoms with Gasteiger partial charge in [-0.05, 0) is 34.7 Å². The van der Waals surface area contributed by atoms with Crippen LogP contribution in [-0.2, 0) is 20.1 Å². The Hall–Kier alpha value is -5.63. The van der Waals surface area contributed by atoms with Gasteiger partial charge >= 0.3 is 0 Å². The summed E-state index contributed by atoms with van der Waals surface area (Å²) < 4.78 is 13.8. The minimum absolute atomic E-state index is 0.134. The minimum Gasteiger partial charge on any atom is -0.501 e. The second-order valence-corrected chi connectivity index (χ2v) is 9.87. The molecule has 3 heterocycles. The average Bonchev–Trinajstić information content (AvgIpc) is 3.56. The number of hydrogen-bond donors (Lipinski definition) is 5. The highest BCUT2D eigenvalue weighted by molar-refractivity contribution is 7.13. The van der Waals surface area contributed by atoms with Crippen LogP contribution in [0.15, 0.2) is 88.0 Å². The third-order valence-corrected chi connectivity index (χ3v) is 6.73. The van der Waals surface area contributed by atoms with Gasteiger partial charge in [0.25, 0.3) is 22.9 Å². The molecule has 0 bridgehead atoms. The molecule has 14 heteroatoms. The molecule has 0 atom stereocenters. The van der Waals surface area contributed by atoms with Crippen LogP contribution in [0.1, 0.15) is 32.1 Å². The van der Waals surface area contributed by atoms with E-state index in [1.807, 2.05) is 41.8 Å². The zero-order valence-corrected chi connectivity index (χ0v) is 23.4. The molecule has 0 fully saturated rings. The molecule has 3 aromatic heterocycles. The Labute approximate surface area is 247 Å². The Morgan fingerprint density at radius 3 is 2.14 bits per heavy atom. The molecule has 0 radical (unpaired) electrons. The van der Waals surface area contributed by atoms with E-state index in [9.17, 15) is 33.8 Å². The van der Waals surface area contributed by atoms with Gasteiger partial charge in [0.05, 0.1) is 11.2 Å². The quantitative estimate of drug-likeness (QED) is 0.188. The number of carbonyl (C=O) groups excluding carboxylic acids is 2. The zero-order chi connectivity index (χ0) is 30.9. The number of amides is 2. The Kier molecular flexibility index (Phi) is 9.75. The maximum Gasteiger partial charge on any atom is 0.296 e. The molecule has 2 amide bonds. The molecule has 0 spiro atoms. The van der Waals surface area contributed by atoms with Crippen LogP contribution in [0.3, 0.4) is 0 Å². The third-order valence-electron chi connectivity index (χ3n) is 5.85. The molecular formula is C29H25FN6O6S. The number of nitrogens with zero attached hydrogens (tertiary/aromatic N) is 3. The second-order valence-electron chi connectivity index (χ2n) is 8.92. The van der Waals surface area contributed by atoms with Crippen LogP contribution in [0, 0.1) is 5.82 Å². The van der Waals surface area contributed by atoms with E-state index in [0.717, 1.165) is 16.5 Å². The van der Waals surface area contributed by atoms with Gasteiger partial charge in [-0.1, -0.05) is 48.5 Å². The summed E-state index contributed by atoms with van der Waals surface area (Å²) in [7, 11) is 1.41. The van der Waals surface area contributed by atoms with Gasteiger partial charge in [-0.3, -0.25) is 23.7 Å². The number of hydrogen-bond acceptors (Lipinski definition) is 9. The first-order chi connectivity index (χ1) is 20.6. The lowest BCUT2D eigenvalue weighted by Gasteiger charge is -2.07. The van der Waals surface area contributed by atoms with Gasteiger partial charge in [0.15, 0.2) is 17.2 Å². The van der Waals surface area contributed by atoms with Crippen molar-refractivity contribution in [3.63, 3.8) is 0 Å². The fourth-order valence-corrected chi connectivity index (χ4v) is 4.25. The first-order valence-electron chi connectivity index (χ1n) is 12.6. The van der Waals surface area contributed by atoms with Crippen molar-refractivity contribution in [1.29, 1.82) is 0 Å². The predicted molar refractivity (Wildman–Crippen MR) is 156 cm³/mol. The van der Waals surface area contributed by atoms with E-state index in [-0.39, 0.29) is 36.1 Å². The number of aryl methyl sites for hydroxylation is 1. The Morgan fingerprint density at radius 1 is 0.884 bits per heavy atom. The average molecular weight is 605 g/mol. The van der Waals surface area contributed by atoms with Crippen LogP contribution in [0.2, 0.25) is 0 Å². The van der Waals surface area contributed by atoms with E-state index in [4.69, 9.17) is 0 Å². The fraction of sp³-hybridized carbons (Fsp3) is 0.103. The summed E-state index contributed by atoms with van der Waals surface area (Å²) in [5.74, 6) is -2.78. The second kappa shape index (κ2) is 13.8. The SMILES string of the molecule is Cn1cnc(C(=O)NCc2ccc(F)cc2)c(O)c1=O.O=C(NCc1ccccc1)c1nc(-c2cccs2)[nH]c(=O)c1O. The minimum atomic E-state index is -0.742. The summed E-state index contributed by atoms with van der Waals surface area (Å²) in [5.41, 5.74) is -0.477. The normalized spacial score (nSPS) is 10.4. The highest BCUT2D eigenvalue weighted by atomic mass is 32.1. The predicted octanol–water partition coefficient (Wildman–Crippen LogP) is 2.69. The van der Waals surface area contributed by atoms with Gasteiger partial charge in [-0.2, -0.15) is 0 Å². The number of rotatable bonds is 7. The van der Waals surface area contributed by atoms with E-state index < -0.39 is 34.4 Å². The number of aromatic amines is 1. The first-order valence-corrected chi connectivity index (χ1v) is 13.5. The maximum absolute atomic E-state index is 12.7. The summed E-state index contributed by atoms with van der Waals surface area (Å²) in [4.78, 5) is 58.3. The largest absolute Gasteiger partial charge is 0.501 e. The monoisotopic (exact) mass is 604 g/mol. The molecule has 0 aliphatic rings. The van der Waals surface area contributed by atoms with Crippen LogP contribution >= 0.6 is 11.3 Å². The standard InChI is InChI=1S/C16H13N3O3S.C13H12FN3O3/c20-13-12(15(21)17-9-10-5-2-1-3-6-10)18-14(19-16(13)22)11-7-4-8-23-11;1-17-7-16-10(11(18)13(17)20)12(19)15-6-8-2-4-9(14)5-3-8/h1-8,20H,9H2,(H,17,21)(H,18,19,22);2-5,7,18H,6H2,1H3,(H,15,19). The molecule has 43 heavy (non-hydrogen) atoms. The van der Waals surface area contributed by atoms with Crippen molar-refractivity contribution in [2.75, 3.05) is 0 Å². The fourth-order valence-electron chi connectivity index (χ4n) is 3.58. The third kappa shape index (κ3) is 7.77. The van der Waals surface area contributed by atoms with Crippen LogP contribution in [0.4, 0.5) is 4.39 Å². The Morgan fingerprint density at radius 2 is 1.51 bits per heavy atom. The van der Waals surface area contributed by atoms with E-state index in [2.05, 4.69) is 25.6 Å². The lowest BCUT2D eigenvalue weighted by atomic mass is 10.2. The lowest BCUT2D eigenvalue weighted by molar-refractivity contribution is 0.0934. The topological polar surface area (TPSA) is 179 Å². The summed E-state index contributed by atoms with van der Waals surface area (Å²) >= 11 is 1.38. The van der Waals surface area contributed by atoms with E-state index in [0.29, 0.717) is 10.4 Å². The van der Waals surface area contributed by atoms with Gasteiger partial charge in [-0.25, -0.2) is 14.4 Å². The van der Waals surface area contributed by atoms with Crippen molar-refractivity contribution in [3.8, 4) is 22.2 Å². The van der Waals surface area contributed by atoms with Crippen LogP contribution in [0.25, 0.3) is 10.7 Å². The number of H-pyrrole nitrogens is 1. The summed E-state index contributed by atoms with van der Waals surface area (Å²) in [6.45, 7) is 0.414. The summed E-state index contributed by atoms with van der Waals surface area (Å²) in [5, 5.41) is 26.4. The van der Waals surface area contributed by atoms with E-state index in [1.54, 1.807) is 6.07 Å². The Bertz CT molecular complexity index is 1840. The van der Waals surface area contributed by atoms with Crippen LogP contribution in [0.5, 0.6) is 11.5 Å². The van der Waals surface area contributed by atoms with Crippen LogP contribution in [-0.4, -0.2) is 41.5 Å². The molecule has 12 nitrogen and oxygen atoms in total. The van der Waals surface area contributed by atoms with E-state index in [1.165, 1.54) is 42.6 Å². The number of thiophene rings is 1. The number of aromatic nitrogens is 4. The van der Waals surface area contributed by atoms with E-state index >= 15 is 0 Å². The van der Waals surface area contributed by atoms with Crippen molar-refractivity contribution < 1.29 is 24.2 Å². The summed E-state index contributed by atoms with van der Waals surface area (Å²) in [6.07, 6.45) is 1.15. The number of aromatic hydroxyl groups is 2. The molecule has 0 saturated heterocycles. The first kappa shape index (κ1) is 30.3. The molecule has 0 aliphatic heterocycles. The summed E-state index contributed by atoms with van der Waals surface area (Å²) in [6, 6.07) is 18.5. The molecule has 0 saturated carbocycles. The molecule has 0 aliphatic carbocycles. The molecule has 220 valence electrons. The van der Waals surface area contributed by atoms with Gasteiger partial charge < -0.3 is 25.8 Å². The molecule has 5 N–H and O–H groups in total. The van der Waals surface area contributed by atoms with Gasteiger partial charge in [0.2, 0.25) is 11.5 Å². The molecule has 2 aromatic carbocycles. The molecule has 5 aromatic rings. The smallest absolute Gasteiger partial charge is 0.296 e. The lowest BCUT2D eigenvalue weighted by Crippen LogP contribution is -2.27. The number of halogens is 1. The van der Waals surface area contributed by atoms with Crippen molar-refractivity contribution in [2.24, 2.45) is 7.05 Å². The van der Waals surface area contributed by atoms with Crippen molar-refractivity contribution in [3.05, 3.63) is 127 Å². The van der Waals surface area contributed by atoms with Crippen LogP contribution < -0.4 is 21.8 Å². The van der Waals surface area contributed by atoms with Crippen molar-refractivity contribution >= 4 is 23.2 Å². The highest BCUT2D eigenvalue weighted by Crippen LogP contribution is 2.21. The number of benzene rings is 2. The molecule has 5 rings (SSSR count). The van der Waals surface area contributed by atoms with Gasteiger partial charge in [-0.15, -0.1) is 11.3 Å². The van der Waals surface area contributed by atoms with Gasteiger partial charge in [0, 0.05) is 20.1 Å².